The fourth-order valence-electron chi connectivity index (χ4n) is 1.88. The van der Waals surface area contributed by atoms with Crippen LogP contribution in [-0.4, -0.2) is 16.6 Å². The maximum absolute atomic E-state index is 13.4. The molecule has 1 aromatic carbocycles. The number of pyridine rings is 1. The molecule has 0 aliphatic rings. The summed E-state index contributed by atoms with van der Waals surface area (Å²) < 4.78 is 90.4. The Morgan fingerprint density at radius 2 is 1.62 bits per heavy atom. The van der Waals surface area contributed by atoms with Crippen LogP contribution in [0.15, 0.2) is 24.3 Å². The van der Waals surface area contributed by atoms with Gasteiger partial charge in [-0.05, 0) is 17.7 Å². The molecule has 0 saturated carbocycles. The smallest absolute Gasteiger partial charge is 0.387 e. The Kier molecular flexibility index (Phi) is 4.97. The number of rotatable bonds is 4. The molecular weight excluding hydrogens is 345 g/mol. The van der Waals surface area contributed by atoms with Crippen LogP contribution >= 0.6 is 0 Å². The van der Waals surface area contributed by atoms with Gasteiger partial charge in [-0.15, -0.1) is 0 Å². The van der Waals surface area contributed by atoms with Gasteiger partial charge in [0.1, 0.15) is 5.69 Å². The molecule has 0 aliphatic carbocycles. The lowest BCUT2D eigenvalue weighted by Gasteiger charge is -2.16. The molecule has 1 atom stereocenters. The van der Waals surface area contributed by atoms with Gasteiger partial charge in [0.2, 0.25) is 11.6 Å². The zero-order chi connectivity index (χ0) is 18.1. The monoisotopic (exact) mass is 354 g/mol. The quantitative estimate of drug-likeness (QED) is 0.649. The first-order chi connectivity index (χ1) is 11.1. The Labute approximate surface area is 130 Å². The Morgan fingerprint density at radius 3 is 2.17 bits per heavy atom. The highest BCUT2D eigenvalue weighted by molar-refractivity contribution is 5.45. The summed E-state index contributed by atoms with van der Waals surface area (Å²) in [6.07, 6.45) is -6.26. The topological polar surface area (TPSA) is 45.1 Å². The van der Waals surface area contributed by atoms with Crippen LogP contribution < -0.4 is 5.32 Å². The minimum atomic E-state index is -4.64. The maximum Gasteiger partial charge on any atom is 0.416 e. The summed E-state index contributed by atoms with van der Waals surface area (Å²) in [5.41, 5.74) is -2.45. The Hall–Kier alpha value is -2.36. The minimum Gasteiger partial charge on any atom is -0.387 e. The van der Waals surface area contributed by atoms with Crippen molar-refractivity contribution in [3.05, 3.63) is 58.9 Å². The third-order valence-electron chi connectivity index (χ3n) is 3.07. The summed E-state index contributed by atoms with van der Waals surface area (Å²) in [5.74, 6) is -7.43. The van der Waals surface area contributed by atoms with Gasteiger partial charge >= 0.3 is 6.18 Å². The van der Waals surface area contributed by atoms with Gasteiger partial charge in [-0.25, -0.2) is 0 Å². The first-order valence-electron chi connectivity index (χ1n) is 6.40. The van der Waals surface area contributed by atoms with Gasteiger partial charge in [-0.2, -0.15) is 35.7 Å². The van der Waals surface area contributed by atoms with Crippen LogP contribution in [0.5, 0.6) is 0 Å². The molecule has 0 amide bonds. The second kappa shape index (κ2) is 6.63. The highest BCUT2D eigenvalue weighted by Gasteiger charge is 2.31. The van der Waals surface area contributed by atoms with Crippen molar-refractivity contribution in [3.8, 4) is 0 Å². The number of benzene rings is 1. The van der Waals surface area contributed by atoms with Crippen molar-refractivity contribution >= 4 is 5.69 Å². The average Bonchev–Trinajstić information content (AvgIpc) is 2.52. The summed E-state index contributed by atoms with van der Waals surface area (Å²) in [4.78, 5) is 2.35. The fraction of sp³-hybridized carbons (Fsp3) is 0.214. The highest BCUT2D eigenvalue weighted by atomic mass is 19.4. The molecule has 0 fully saturated rings. The van der Waals surface area contributed by atoms with Crippen LogP contribution in [0.4, 0.5) is 36.4 Å². The van der Waals surface area contributed by atoms with Gasteiger partial charge in [-0.3, -0.25) is 0 Å². The van der Waals surface area contributed by atoms with Crippen LogP contribution in [-0.2, 0) is 6.18 Å². The van der Waals surface area contributed by atoms with Crippen molar-refractivity contribution in [1.29, 1.82) is 0 Å². The first kappa shape index (κ1) is 18.0. The lowest BCUT2D eigenvalue weighted by molar-refractivity contribution is -0.137. The number of halogens is 7. The predicted octanol–water partition coefficient (Wildman–Crippen LogP) is 3.80. The zero-order valence-electron chi connectivity index (χ0n) is 11.6. The van der Waals surface area contributed by atoms with Gasteiger partial charge in [0, 0.05) is 6.54 Å². The van der Waals surface area contributed by atoms with Gasteiger partial charge in [0.15, 0.2) is 0 Å². The Morgan fingerprint density at radius 1 is 1.04 bits per heavy atom. The van der Waals surface area contributed by atoms with Crippen LogP contribution in [0, 0.1) is 23.5 Å². The van der Waals surface area contributed by atoms with Crippen molar-refractivity contribution < 1.29 is 35.8 Å². The van der Waals surface area contributed by atoms with Gasteiger partial charge in [0.05, 0.1) is 11.7 Å². The molecule has 2 aromatic rings. The molecule has 2 rings (SSSR count). The number of aromatic nitrogens is 1. The molecule has 3 nitrogen and oxygen atoms in total. The summed E-state index contributed by atoms with van der Waals surface area (Å²) in [6, 6.07) is 3.61. The van der Waals surface area contributed by atoms with Crippen molar-refractivity contribution in [2.75, 3.05) is 11.9 Å². The van der Waals surface area contributed by atoms with E-state index in [4.69, 9.17) is 0 Å². The molecule has 0 spiro atoms. The van der Waals surface area contributed by atoms with E-state index >= 15 is 0 Å². The number of nitrogens with one attached hydrogen (secondary N) is 1. The average molecular weight is 354 g/mol. The van der Waals surface area contributed by atoms with E-state index in [-0.39, 0.29) is 5.56 Å². The fourth-order valence-corrected chi connectivity index (χ4v) is 1.88. The molecule has 0 bridgehead atoms. The van der Waals surface area contributed by atoms with Crippen molar-refractivity contribution in [1.82, 2.24) is 4.98 Å². The normalized spacial score (nSPS) is 13.0. The molecule has 10 heteroatoms. The molecule has 0 aliphatic heterocycles. The van der Waals surface area contributed by atoms with Gasteiger partial charge in [0.25, 0.3) is 11.9 Å². The van der Waals surface area contributed by atoms with E-state index < -0.39 is 53.6 Å². The third kappa shape index (κ3) is 3.75. The summed E-state index contributed by atoms with van der Waals surface area (Å²) in [5, 5.41) is 11.7. The van der Waals surface area contributed by atoms with Crippen LogP contribution in [0.25, 0.3) is 0 Å². The summed E-state index contributed by atoms with van der Waals surface area (Å²) in [7, 11) is 0. The zero-order valence-corrected chi connectivity index (χ0v) is 11.6. The first-order valence-corrected chi connectivity index (χ1v) is 6.40. The number of nitrogens with zero attached hydrogens (tertiary/aromatic N) is 1. The van der Waals surface area contributed by atoms with E-state index in [2.05, 4.69) is 4.98 Å². The maximum atomic E-state index is 13.4. The van der Waals surface area contributed by atoms with E-state index in [1.807, 2.05) is 5.32 Å². The molecule has 1 aromatic heterocycles. The molecule has 24 heavy (non-hydrogen) atoms. The number of aliphatic hydroxyl groups excluding tert-OH is 1. The Bertz CT molecular complexity index is 722. The van der Waals surface area contributed by atoms with E-state index in [9.17, 15) is 35.8 Å². The predicted molar refractivity (Wildman–Crippen MR) is 69.0 cm³/mol. The minimum absolute atomic E-state index is 0.201. The molecular formula is C14H9F7N2O. The molecule has 0 radical (unpaired) electrons. The number of hydrogen-bond acceptors (Lipinski definition) is 3. The van der Waals surface area contributed by atoms with Crippen LogP contribution in [0.3, 0.4) is 0 Å². The lowest BCUT2D eigenvalue weighted by atomic mass is 10.1. The highest BCUT2D eigenvalue weighted by Crippen LogP contribution is 2.31. The van der Waals surface area contributed by atoms with Gasteiger partial charge in [-0.1, -0.05) is 12.1 Å². The van der Waals surface area contributed by atoms with Gasteiger partial charge < -0.3 is 10.4 Å². The molecule has 0 saturated heterocycles. The van der Waals surface area contributed by atoms with E-state index in [0.29, 0.717) is 6.07 Å². The SMILES string of the molecule is OC(CNc1c(F)c(F)nc(F)c1F)c1cccc(C(F)(F)F)c1. The van der Waals surface area contributed by atoms with E-state index in [1.165, 1.54) is 0 Å². The van der Waals surface area contributed by atoms with Crippen molar-refractivity contribution in [2.24, 2.45) is 0 Å². The second-order valence-corrected chi connectivity index (χ2v) is 4.72. The Balaban J connectivity index is 2.19. The van der Waals surface area contributed by atoms with Crippen LogP contribution in [0.2, 0.25) is 0 Å². The third-order valence-corrected chi connectivity index (χ3v) is 3.07. The summed E-state index contributed by atoms with van der Waals surface area (Å²) >= 11 is 0. The second-order valence-electron chi connectivity index (χ2n) is 4.72. The molecule has 130 valence electrons. The molecule has 1 heterocycles. The molecule has 2 N–H and O–H groups in total. The number of hydrogen-bond donors (Lipinski definition) is 2. The number of anilines is 1. The standard InChI is InChI=1S/C14H9F7N2O/c15-9-11(10(16)13(18)23-12(9)17)22-5-8(24)6-2-1-3-7(4-6)14(19,20)21/h1-4,8,24H,5H2,(H,22,23). The van der Waals surface area contributed by atoms with E-state index in [1.54, 1.807) is 0 Å². The lowest BCUT2D eigenvalue weighted by Crippen LogP contribution is -2.16. The van der Waals surface area contributed by atoms with Crippen LogP contribution in [0.1, 0.15) is 17.2 Å². The van der Waals surface area contributed by atoms with Crippen molar-refractivity contribution in [2.45, 2.75) is 12.3 Å². The van der Waals surface area contributed by atoms with Crippen molar-refractivity contribution in [3.63, 3.8) is 0 Å². The summed E-state index contributed by atoms with van der Waals surface area (Å²) in [6.45, 7) is -0.696. The number of aliphatic hydroxyl groups is 1. The van der Waals surface area contributed by atoms with E-state index in [0.717, 1.165) is 18.2 Å². The molecule has 1 unspecified atom stereocenters. The number of alkyl halides is 3. The largest absolute Gasteiger partial charge is 0.416 e.